The van der Waals surface area contributed by atoms with Gasteiger partial charge >= 0.3 is 0 Å². The van der Waals surface area contributed by atoms with Crippen molar-refractivity contribution in [3.8, 4) is 0 Å². The van der Waals surface area contributed by atoms with E-state index in [1.54, 1.807) is 18.6 Å². The zero-order valence-electron chi connectivity index (χ0n) is 29.2. The van der Waals surface area contributed by atoms with Crippen LogP contribution in [-0.2, 0) is 37.0 Å². The predicted octanol–water partition coefficient (Wildman–Crippen LogP) is 10.8. The van der Waals surface area contributed by atoms with Crippen LogP contribution in [0.5, 0.6) is 0 Å². The van der Waals surface area contributed by atoms with E-state index in [2.05, 4.69) is 76.3 Å². The lowest BCUT2D eigenvalue weighted by Gasteiger charge is -2.38. The molecule has 0 spiro atoms. The number of nitrogens with one attached hydrogen (secondary N) is 1. The van der Waals surface area contributed by atoms with E-state index in [0.717, 1.165) is 93.8 Å². The Morgan fingerprint density at radius 1 is 0.774 bits per heavy atom. The van der Waals surface area contributed by atoms with Gasteiger partial charge in [0.1, 0.15) is 5.38 Å². The number of rotatable bonds is 6. The first-order valence-corrected chi connectivity index (χ1v) is 20.9. The van der Waals surface area contributed by atoms with E-state index in [1.807, 2.05) is 42.6 Å². The lowest BCUT2D eigenvalue weighted by molar-refractivity contribution is -0.121. The summed E-state index contributed by atoms with van der Waals surface area (Å²) in [5, 5.41) is 4.39. The van der Waals surface area contributed by atoms with Crippen LogP contribution >= 0.6 is 66.7 Å². The van der Waals surface area contributed by atoms with E-state index in [1.165, 1.54) is 33.5 Å². The summed E-state index contributed by atoms with van der Waals surface area (Å²) in [6.45, 7) is 2.55. The van der Waals surface area contributed by atoms with Crippen molar-refractivity contribution in [1.82, 2.24) is 25.2 Å². The van der Waals surface area contributed by atoms with Crippen molar-refractivity contribution in [2.45, 2.75) is 69.3 Å². The molecule has 11 heteroatoms. The van der Waals surface area contributed by atoms with E-state index in [0.29, 0.717) is 18.9 Å². The molecule has 3 aromatic heterocycles. The van der Waals surface area contributed by atoms with Crippen molar-refractivity contribution in [2.75, 3.05) is 13.1 Å². The van der Waals surface area contributed by atoms with Crippen LogP contribution in [0.4, 0.5) is 0 Å². The molecule has 0 bridgehead atoms. The Labute approximate surface area is 343 Å². The van der Waals surface area contributed by atoms with Crippen molar-refractivity contribution in [3.63, 3.8) is 0 Å². The number of aromatic nitrogens is 3. The van der Waals surface area contributed by atoms with Crippen LogP contribution in [-0.4, -0.2) is 38.8 Å². The molecule has 2 atom stereocenters. The summed E-state index contributed by atoms with van der Waals surface area (Å²) in [6, 6.07) is 20.6. The van der Waals surface area contributed by atoms with Crippen molar-refractivity contribution in [2.24, 2.45) is 5.92 Å². The number of carbonyl (C=O) groups is 1. The lowest BCUT2D eigenvalue weighted by Crippen LogP contribution is -2.38. The molecule has 3 aliphatic rings. The van der Waals surface area contributed by atoms with Crippen LogP contribution in [0, 0.1) is 5.92 Å². The molecule has 53 heavy (non-hydrogen) atoms. The van der Waals surface area contributed by atoms with E-state index < -0.39 is 0 Å². The topological polar surface area (TPSA) is 71.0 Å². The van der Waals surface area contributed by atoms with Gasteiger partial charge in [-0.2, -0.15) is 0 Å². The van der Waals surface area contributed by atoms with Gasteiger partial charge in [0.05, 0.1) is 17.4 Å². The standard InChI is InChI=1S/C28H30BrClN4O.C14H10BrCl2N/c29-23-14-22-5-4-21-15-24(30)6-7-25(21)28(27(22)33-18-23)34-12-9-19(10-13-34)3-8-26(35)32-17-20-2-1-11-31-16-20;15-10-5-9-2-1-8-6-11(16)3-4-12(8)13(17)14(9)18-7-10/h1-2,6-7,11,14-16,18-19,28H,3-5,8-10,12-13,17H2,(H,32,35);3-7,13H,1-2H2. The number of likely N-dealkylation sites (tertiary alicyclic amines) is 1. The second-order valence-corrected chi connectivity index (χ2v) is 17.1. The summed E-state index contributed by atoms with van der Waals surface area (Å²) in [5.74, 6) is 0.692. The number of alkyl halides is 1. The third-order valence-corrected chi connectivity index (χ3v) is 12.3. The molecule has 5 aromatic rings. The molecule has 0 saturated carbocycles. The molecule has 8 rings (SSSR count). The average molecular weight is 897 g/mol. The number of halogens is 5. The summed E-state index contributed by atoms with van der Waals surface area (Å²) in [5.41, 5.74) is 10.7. The summed E-state index contributed by atoms with van der Waals surface area (Å²) in [7, 11) is 0. The van der Waals surface area contributed by atoms with Gasteiger partial charge in [-0.15, -0.1) is 11.6 Å². The lowest BCUT2D eigenvalue weighted by atomic mass is 9.89. The summed E-state index contributed by atoms with van der Waals surface area (Å²) in [4.78, 5) is 28.4. The van der Waals surface area contributed by atoms with Crippen molar-refractivity contribution in [3.05, 3.63) is 155 Å². The van der Waals surface area contributed by atoms with Gasteiger partial charge in [0.25, 0.3) is 0 Å². The average Bonchev–Trinajstić information content (AvgIpc) is 3.40. The third kappa shape index (κ3) is 9.52. The summed E-state index contributed by atoms with van der Waals surface area (Å²) >= 11 is 26.0. The largest absolute Gasteiger partial charge is 0.352 e. The van der Waals surface area contributed by atoms with E-state index >= 15 is 0 Å². The zero-order chi connectivity index (χ0) is 36.9. The first-order valence-electron chi connectivity index (χ1n) is 18.1. The number of carbonyl (C=O) groups excluding carboxylic acids is 1. The molecule has 2 unspecified atom stereocenters. The highest BCUT2D eigenvalue weighted by Gasteiger charge is 2.33. The number of nitrogens with zero attached hydrogens (tertiary/aromatic N) is 4. The van der Waals surface area contributed by atoms with Crippen LogP contribution in [0.1, 0.15) is 87.4 Å². The number of pyridine rings is 3. The Kier molecular flexibility index (Phi) is 12.9. The first-order chi connectivity index (χ1) is 25.7. The molecule has 274 valence electrons. The molecule has 1 saturated heterocycles. The first kappa shape index (κ1) is 38.4. The minimum Gasteiger partial charge on any atom is -0.352 e. The molecule has 4 heterocycles. The van der Waals surface area contributed by atoms with E-state index in [9.17, 15) is 4.79 Å². The van der Waals surface area contributed by atoms with Gasteiger partial charge in [-0.05, 0) is 177 Å². The second kappa shape index (κ2) is 17.7. The van der Waals surface area contributed by atoms with Gasteiger partial charge in [0.2, 0.25) is 5.91 Å². The highest BCUT2D eigenvalue weighted by atomic mass is 79.9. The second-order valence-electron chi connectivity index (χ2n) is 14.0. The number of amides is 1. The van der Waals surface area contributed by atoms with Crippen LogP contribution in [0.25, 0.3) is 0 Å². The maximum atomic E-state index is 12.4. The third-order valence-electron chi connectivity index (χ3n) is 10.5. The number of fused-ring (bicyclic) bond motifs is 4. The Morgan fingerprint density at radius 3 is 2.04 bits per heavy atom. The quantitative estimate of drug-likeness (QED) is 0.172. The Hall–Kier alpha value is -2.85. The van der Waals surface area contributed by atoms with Crippen LogP contribution in [0.15, 0.2) is 94.4 Å². The van der Waals surface area contributed by atoms with Gasteiger partial charge < -0.3 is 5.32 Å². The van der Waals surface area contributed by atoms with Crippen molar-refractivity contribution < 1.29 is 4.79 Å². The highest BCUT2D eigenvalue weighted by Crippen LogP contribution is 2.40. The fourth-order valence-corrected chi connectivity index (χ4v) is 9.34. The minimum absolute atomic E-state index is 0.120. The molecule has 1 N–H and O–H groups in total. The van der Waals surface area contributed by atoms with Crippen LogP contribution < -0.4 is 5.32 Å². The van der Waals surface area contributed by atoms with Gasteiger partial charge in [-0.3, -0.25) is 24.6 Å². The zero-order valence-corrected chi connectivity index (χ0v) is 34.6. The Balaban J connectivity index is 0.000000202. The molecule has 1 fully saturated rings. The van der Waals surface area contributed by atoms with E-state index in [4.69, 9.17) is 39.8 Å². The Morgan fingerprint density at radius 2 is 1.38 bits per heavy atom. The van der Waals surface area contributed by atoms with Crippen LogP contribution in [0.3, 0.4) is 0 Å². The summed E-state index contributed by atoms with van der Waals surface area (Å²) < 4.78 is 2.02. The number of aryl methyl sites for hydroxylation is 4. The van der Waals surface area contributed by atoms with Gasteiger partial charge in [0, 0.05) is 56.7 Å². The highest BCUT2D eigenvalue weighted by molar-refractivity contribution is 9.10. The molecule has 1 amide bonds. The van der Waals surface area contributed by atoms with Gasteiger partial charge in [0.15, 0.2) is 0 Å². The molecule has 0 radical (unpaired) electrons. The van der Waals surface area contributed by atoms with Crippen molar-refractivity contribution >= 4 is 72.6 Å². The maximum absolute atomic E-state index is 12.4. The SMILES string of the molecule is Clc1ccc2c(c1)CCc1cc(Br)cnc1C2Cl.O=C(CCC1CCN(C2c3ccc(Cl)cc3CCc3cc(Br)cnc32)CC1)NCc1cccnc1. The molecule has 6 nitrogen and oxygen atoms in total. The molecule has 2 aromatic carbocycles. The number of benzene rings is 2. The number of hydrogen-bond donors (Lipinski definition) is 1. The fraction of sp³-hybridized carbons (Fsp3) is 0.333. The maximum Gasteiger partial charge on any atom is 0.220 e. The Bertz CT molecular complexity index is 1970. The molecule has 2 aliphatic carbocycles. The van der Waals surface area contributed by atoms with E-state index in [-0.39, 0.29) is 17.3 Å². The molecule has 1 aliphatic heterocycles. The monoisotopic (exact) mass is 893 g/mol. The minimum atomic E-state index is -0.192. The summed E-state index contributed by atoms with van der Waals surface area (Å²) in [6.07, 6.45) is 14.8. The molecular weight excluding hydrogens is 857 g/mol. The number of piperidine rings is 1. The molecular formula is C42H40Br2Cl3N5O. The van der Waals surface area contributed by atoms with Gasteiger partial charge in [-0.1, -0.05) is 41.4 Å². The van der Waals surface area contributed by atoms with Crippen LogP contribution in [0.2, 0.25) is 10.0 Å². The fourth-order valence-electron chi connectivity index (χ4n) is 7.78. The predicted molar refractivity (Wildman–Crippen MR) is 221 cm³/mol. The normalized spacial score (nSPS) is 18.2. The van der Waals surface area contributed by atoms with Gasteiger partial charge in [-0.25, -0.2) is 0 Å². The smallest absolute Gasteiger partial charge is 0.220 e. The van der Waals surface area contributed by atoms with Crippen molar-refractivity contribution in [1.29, 1.82) is 0 Å². The number of hydrogen-bond acceptors (Lipinski definition) is 5.